The fourth-order valence-electron chi connectivity index (χ4n) is 1.15. The van der Waals surface area contributed by atoms with Gasteiger partial charge in [-0.1, -0.05) is 13.8 Å². The van der Waals surface area contributed by atoms with Crippen LogP contribution in [0.15, 0.2) is 12.1 Å². The Kier molecular flexibility index (Phi) is 4.30. The van der Waals surface area contributed by atoms with Crippen molar-refractivity contribution in [3.05, 3.63) is 39.4 Å². The average molecular weight is 259 g/mol. The van der Waals surface area contributed by atoms with Gasteiger partial charge in [0, 0.05) is 0 Å². The van der Waals surface area contributed by atoms with Crippen LogP contribution in [0.1, 0.15) is 24.2 Å². The maximum absolute atomic E-state index is 13.4. The van der Waals surface area contributed by atoms with Gasteiger partial charge < -0.3 is 4.74 Å². The zero-order valence-electron chi connectivity index (χ0n) is 9.78. The van der Waals surface area contributed by atoms with Crippen molar-refractivity contribution in [1.29, 1.82) is 0 Å². The van der Waals surface area contributed by atoms with Gasteiger partial charge in [0.15, 0.2) is 0 Å². The molecule has 0 amide bonds. The highest BCUT2D eigenvalue weighted by atomic mass is 19.1. The van der Waals surface area contributed by atoms with Crippen LogP contribution in [0.5, 0.6) is 0 Å². The monoisotopic (exact) mass is 259 g/mol. The standard InChI is InChI=1S/C11H11F2NO4/c1-6(2)5-18-11(15)7-3-9(13)10(14(16)17)4-8(7)12/h3-4,6H,5H2,1-2H3. The number of nitrogens with zero attached hydrogens (tertiary/aromatic N) is 1. The van der Waals surface area contributed by atoms with Gasteiger partial charge in [0.05, 0.1) is 23.2 Å². The number of halogens is 2. The first-order chi connectivity index (χ1) is 8.32. The molecule has 0 saturated heterocycles. The lowest BCUT2D eigenvalue weighted by Crippen LogP contribution is -2.12. The highest BCUT2D eigenvalue weighted by molar-refractivity contribution is 5.90. The smallest absolute Gasteiger partial charge is 0.341 e. The van der Waals surface area contributed by atoms with E-state index in [1.807, 2.05) is 0 Å². The summed E-state index contributed by atoms with van der Waals surface area (Å²) in [6.07, 6.45) is 0. The van der Waals surface area contributed by atoms with Gasteiger partial charge in [-0.05, 0) is 12.0 Å². The van der Waals surface area contributed by atoms with E-state index in [0.29, 0.717) is 12.1 Å². The number of esters is 1. The molecule has 0 aliphatic heterocycles. The molecule has 0 heterocycles. The van der Waals surface area contributed by atoms with Crippen molar-refractivity contribution in [2.75, 3.05) is 6.61 Å². The number of nitro groups is 1. The van der Waals surface area contributed by atoms with E-state index in [1.54, 1.807) is 13.8 Å². The quantitative estimate of drug-likeness (QED) is 0.473. The van der Waals surface area contributed by atoms with Crippen LogP contribution < -0.4 is 0 Å². The third-order valence-corrected chi connectivity index (χ3v) is 2.00. The van der Waals surface area contributed by atoms with E-state index in [0.717, 1.165) is 0 Å². The Bertz CT molecular complexity index is 488. The summed E-state index contributed by atoms with van der Waals surface area (Å²) in [6, 6.07) is 0.831. The van der Waals surface area contributed by atoms with Crippen LogP contribution >= 0.6 is 0 Å². The summed E-state index contributed by atoms with van der Waals surface area (Å²) in [4.78, 5) is 20.7. The van der Waals surface area contributed by atoms with E-state index in [-0.39, 0.29) is 12.5 Å². The minimum atomic E-state index is -1.28. The van der Waals surface area contributed by atoms with Crippen LogP contribution in [-0.4, -0.2) is 17.5 Å². The van der Waals surface area contributed by atoms with Gasteiger partial charge in [0.25, 0.3) is 0 Å². The molecule has 0 atom stereocenters. The van der Waals surface area contributed by atoms with Gasteiger partial charge in [-0.25, -0.2) is 9.18 Å². The van der Waals surface area contributed by atoms with Crippen molar-refractivity contribution < 1.29 is 23.2 Å². The number of nitro benzene ring substituents is 1. The molecule has 1 aromatic rings. The highest BCUT2D eigenvalue weighted by Gasteiger charge is 2.22. The third kappa shape index (κ3) is 3.22. The second kappa shape index (κ2) is 5.52. The number of ether oxygens (including phenoxy) is 1. The van der Waals surface area contributed by atoms with Gasteiger partial charge in [-0.3, -0.25) is 10.1 Å². The van der Waals surface area contributed by atoms with Gasteiger partial charge in [0.1, 0.15) is 5.82 Å². The van der Waals surface area contributed by atoms with E-state index in [1.165, 1.54) is 0 Å². The van der Waals surface area contributed by atoms with Crippen LogP contribution in [0.4, 0.5) is 14.5 Å². The maximum atomic E-state index is 13.4. The van der Waals surface area contributed by atoms with Gasteiger partial charge in [-0.2, -0.15) is 4.39 Å². The van der Waals surface area contributed by atoms with Crippen molar-refractivity contribution >= 4 is 11.7 Å². The Labute approximate surface area is 102 Å². The Morgan fingerprint density at radius 1 is 1.39 bits per heavy atom. The molecule has 1 aromatic carbocycles. The van der Waals surface area contributed by atoms with Crippen molar-refractivity contribution in [3.8, 4) is 0 Å². The van der Waals surface area contributed by atoms with E-state index >= 15 is 0 Å². The Morgan fingerprint density at radius 3 is 2.50 bits per heavy atom. The fraction of sp³-hybridized carbons (Fsp3) is 0.364. The molecule has 7 heteroatoms. The molecule has 0 aromatic heterocycles. The molecule has 18 heavy (non-hydrogen) atoms. The molecular formula is C11H11F2NO4. The van der Waals surface area contributed by atoms with Crippen molar-refractivity contribution in [3.63, 3.8) is 0 Å². The molecule has 0 fully saturated rings. The molecule has 98 valence electrons. The topological polar surface area (TPSA) is 69.4 Å². The fourth-order valence-corrected chi connectivity index (χ4v) is 1.15. The van der Waals surface area contributed by atoms with Crippen LogP contribution in [-0.2, 0) is 4.74 Å². The molecule has 0 saturated carbocycles. The third-order valence-electron chi connectivity index (χ3n) is 2.00. The van der Waals surface area contributed by atoms with Crippen molar-refractivity contribution in [1.82, 2.24) is 0 Å². The van der Waals surface area contributed by atoms with E-state index in [2.05, 4.69) is 0 Å². The first kappa shape index (κ1) is 14.0. The van der Waals surface area contributed by atoms with Crippen LogP contribution in [0.25, 0.3) is 0 Å². The molecule has 0 bridgehead atoms. The lowest BCUT2D eigenvalue weighted by atomic mass is 10.2. The van der Waals surface area contributed by atoms with Crippen molar-refractivity contribution in [2.24, 2.45) is 5.92 Å². The molecule has 0 N–H and O–H groups in total. The Balaban J connectivity index is 3.01. The van der Waals surface area contributed by atoms with Crippen molar-refractivity contribution in [2.45, 2.75) is 13.8 Å². The zero-order valence-corrected chi connectivity index (χ0v) is 9.78. The Hall–Kier alpha value is -2.05. The normalized spacial score (nSPS) is 10.5. The number of benzene rings is 1. The lowest BCUT2D eigenvalue weighted by Gasteiger charge is -2.07. The predicted molar refractivity (Wildman–Crippen MR) is 58.1 cm³/mol. The zero-order chi connectivity index (χ0) is 13.9. The van der Waals surface area contributed by atoms with Crippen LogP contribution in [0.2, 0.25) is 0 Å². The Morgan fingerprint density at radius 2 is 2.00 bits per heavy atom. The molecular weight excluding hydrogens is 248 g/mol. The van der Waals surface area contributed by atoms with Crippen LogP contribution in [0, 0.1) is 27.7 Å². The average Bonchev–Trinajstić information content (AvgIpc) is 2.28. The largest absolute Gasteiger partial charge is 0.462 e. The lowest BCUT2D eigenvalue weighted by molar-refractivity contribution is -0.387. The van der Waals surface area contributed by atoms with Gasteiger partial charge in [0.2, 0.25) is 5.82 Å². The summed E-state index contributed by atoms with van der Waals surface area (Å²) in [5.41, 5.74) is -1.67. The van der Waals surface area contributed by atoms with Gasteiger partial charge >= 0.3 is 11.7 Å². The number of hydrogen-bond acceptors (Lipinski definition) is 4. The summed E-state index contributed by atoms with van der Waals surface area (Å²) in [5, 5.41) is 10.4. The van der Waals surface area contributed by atoms with E-state index in [9.17, 15) is 23.7 Å². The first-order valence-electron chi connectivity index (χ1n) is 5.13. The van der Waals surface area contributed by atoms with E-state index in [4.69, 9.17) is 4.74 Å². The SMILES string of the molecule is CC(C)COC(=O)c1cc(F)c([N+](=O)[O-])cc1F. The van der Waals surface area contributed by atoms with E-state index < -0.39 is 33.8 Å². The molecule has 5 nitrogen and oxygen atoms in total. The minimum Gasteiger partial charge on any atom is -0.462 e. The second-order valence-electron chi connectivity index (χ2n) is 4.03. The number of hydrogen-bond donors (Lipinski definition) is 0. The summed E-state index contributed by atoms with van der Waals surface area (Å²) in [6.45, 7) is 3.61. The second-order valence-corrected chi connectivity index (χ2v) is 4.03. The molecule has 1 rings (SSSR count). The van der Waals surface area contributed by atoms with Crippen LogP contribution in [0.3, 0.4) is 0 Å². The highest BCUT2D eigenvalue weighted by Crippen LogP contribution is 2.22. The molecule has 0 radical (unpaired) electrons. The molecule has 0 unspecified atom stereocenters. The maximum Gasteiger partial charge on any atom is 0.341 e. The minimum absolute atomic E-state index is 0.0416. The summed E-state index contributed by atoms with van der Waals surface area (Å²) < 4.78 is 31.3. The summed E-state index contributed by atoms with van der Waals surface area (Å²) in [5.74, 6) is -3.47. The number of carbonyl (C=O) groups is 1. The first-order valence-corrected chi connectivity index (χ1v) is 5.13. The number of carbonyl (C=O) groups excluding carboxylic acids is 1. The molecule has 0 spiro atoms. The molecule has 0 aliphatic rings. The summed E-state index contributed by atoms with van der Waals surface area (Å²) >= 11 is 0. The van der Waals surface area contributed by atoms with Gasteiger partial charge in [-0.15, -0.1) is 0 Å². The predicted octanol–water partition coefficient (Wildman–Crippen LogP) is 2.69. The summed E-state index contributed by atoms with van der Waals surface area (Å²) in [7, 11) is 0. The number of rotatable bonds is 4. The molecule has 0 aliphatic carbocycles.